The van der Waals surface area contributed by atoms with Crippen molar-refractivity contribution in [1.29, 1.82) is 0 Å². The van der Waals surface area contributed by atoms with E-state index >= 15 is 0 Å². The molecule has 0 bridgehead atoms. The summed E-state index contributed by atoms with van der Waals surface area (Å²) >= 11 is 1.75. The molecular weight excluding hydrogens is 320 g/mol. The largest absolute Gasteiger partial charge is 0.379 e. The highest BCUT2D eigenvalue weighted by atomic mass is 32.1. The van der Waals surface area contributed by atoms with Gasteiger partial charge in [-0.3, -0.25) is 14.8 Å². The fraction of sp³-hybridized carbons (Fsp3) is 0.556. The van der Waals surface area contributed by atoms with Gasteiger partial charge in [-0.2, -0.15) is 0 Å². The monoisotopic (exact) mass is 344 g/mol. The smallest absolute Gasteiger partial charge is 0.107 e. The maximum atomic E-state index is 5.99. The van der Waals surface area contributed by atoms with Gasteiger partial charge in [-0.05, 0) is 24.6 Å². The van der Waals surface area contributed by atoms with E-state index in [0.29, 0.717) is 0 Å². The van der Waals surface area contributed by atoms with Crippen molar-refractivity contribution in [1.82, 2.24) is 19.8 Å². The molecule has 2 saturated heterocycles. The summed E-state index contributed by atoms with van der Waals surface area (Å²) in [4.78, 5) is 13.8. The summed E-state index contributed by atoms with van der Waals surface area (Å²) in [5, 5.41) is 3.28. The topological polar surface area (TPSA) is 41.5 Å². The summed E-state index contributed by atoms with van der Waals surface area (Å²) in [6, 6.07) is 4.18. The van der Waals surface area contributed by atoms with Gasteiger partial charge in [0.1, 0.15) is 5.01 Å². The zero-order valence-corrected chi connectivity index (χ0v) is 14.7. The molecule has 0 unspecified atom stereocenters. The normalized spacial score (nSPS) is 26.0. The Bertz CT molecular complexity index is 636. The fourth-order valence-corrected chi connectivity index (χ4v) is 4.56. The van der Waals surface area contributed by atoms with Crippen molar-refractivity contribution in [3.63, 3.8) is 0 Å². The van der Waals surface area contributed by atoms with E-state index in [0.717, 1.165) is 52.5 Å². The van der Waals surface area contributed by atoms with Gasteiger partial charge in [0.15, 0.2) is 0 Å². The summed E-state index contributed by atoms with van der Waals surface area (Å²) in [5.74, 6) is 0. The summed E-state index contributed by atoms with van der Waals surface area (Å²) < 4.78 is 5.99. The lowest BCUT2D eigenvalue weighted by atomic mass is 9.87. The van der Waals surface area contributed by atoms with E-state index in [1.165, 1.54) is 17.0 Å². The van der Waals surface area contributed by atoms with E-state index in [9.17, 15) is 0 Å². The molecule has 0 aliphatic carbocycles. The molecule has 1 spiro atoms. The summed E-state index contributed by atoms with van der Waals surface area (Å²) in [6.45, 7) is 8.01. The molecule has 24 heavy (non-hydrogen) atoms. The van der Waals surface area contributed by atoms with Crippen LogP contribution in [0.5, 0.6) is 0 Å². The minimum Gasteiger partial charge on any atom is -0.379 e. The van der Waals surface area contributed by atoms with E-state index in [4.69, 9.17) is 4.74 Å². The average molecular weight is 344 g/mol. The van der Waals surface area contributed by atoms with Gasteiger partial charge >= 0.3 is 0 Å². The molecule has 6 heteroatoms. The molecule has 2 aromatic heterocycles. The van der Waals surface area contributed by atoms with Gasteiger partial charge in [0.05, 0.1) is 19.8 Å². The molecule has 5 nitrogen and oxygen atoms in total. The highest BCUT2D eigenvalue weighted by Gasteiger charge is 2.41. The number of hydrogen-bond donors (Lipinski definition) is 0. The van der Waals surface area contributed by atoms with Gasteiger partial charge in [0, 0.05) is 55.6 Å². The standard InChI is InChI=1S/C18H24N4OS/c1-2-16(10-19-4-1)11-22-7-8-23-15-18(14-22)3-6-21(13-18)12-17-20-5-9-24-17/h1-2,4-5,9-10H,3,6-8,11-15H2/t18-/m0/s1. The van der Waals surface area contributed by atoms with Crippen LogP contribution in [0, 0.1) is 5.41 Å². The zero-order valence-electron chi connectivity index (χ0n) is 13.9. The van der Waals surface area contributed by atoms with Crippen LogP contribution in [0.4, 0.5) is 0 Å². The van der Waals surface area contributed by atoms with Crippen LogP contribution in [-0.4, -0.2) is 59.2 Å². The first-order valence-electron chi connectivity index (χ1n) is 8.61. The van der Waals surface area contributed by atoms with Gasteiger partial charge in [0.2, 0.25) is 0 Å². The molecule has 0 saturated carbocycles. The third-order valence-electron chi connectivity index (χ3n) is 5.01. The van der Waals surface area contributed by atoms with Crippen LogP contribution in [0.15, 0.2) is 36.1 Å². The van der Waals surface area contributed by atoms with Crippen molar-refractivity contribution in [3.8, 4) is 0 Å². The average Bonchev–Trinajstić information content (AvgIpc) is 3.19. The minimum atomic E-state index is 0.260. The van der Waals surface area contributed by atoms with Gasteiger partial charge in [-0.15, -0.1) is 11.3 Å². The molecular formula is C18H24N4OS. The first kappa shape index (κ1) is 16.1. The van der Waals surface area contributed by atoms with Gasteiger partial charge in [0.25, 0.3) is 0 Å². The lowest BCUT2D eigenvalue weighted by molar-refractivity contribution is 0.0706. The molecule has 0 radical (unpaired) electrons. The second kappa shape index (κ2) is 7.27. The number of likely N-dealkylation sites (tertiary alicyclic amines) is 1. The molecule has 128 valence electrons. The second-order valence-corrected chi connectivity index (χ2v) is 7.99. The summed E-state index contributed by atoms with van der Waals surface area (Å²) in [7, 11) is 0. The van der Waals surface area contributed by atoms with Crippen molar-refractivity contribution >= 4 is 11.3 Å². The zero-order chi connectivity index (χ0) is 16.2. The predicted octanol–water partition coefficient (Wildman–Crippen LogP) is 2.26. The van der Waals surface area contributed by atoms with Crippen LogP contribution < -0.4 is 0 Å². The Morgan fingerprint density at radius 3 is 2.88 bits per heavy atom. The number of hydrogen-bond acceptors (Lipinski definition) is 6. The summed E-state index contributed by atoms with van der Waals surface area (Å²) in [5.41, 5.74) is 1.54. The molecule has 2 aliphatic heterocycles. The van der Waals surface area contributed by atoms with E-state index < -0.39 is 0 Å². The van der Waals surface area contributed by atoms with E-state index in [1.807, 2.05) is 24.7 Å². The molecule has 2 aromatic rings. The third-order valence-corrected chi connectivity index (χ3v) is 5.77. The van der Waals surface area contributed by atoms with Gasteiger partial charge < -0.3 is 4.74 Å². The fourth-order valence-electron chi connectivity index (χ4n) is 3.90. The van der Waals surface area contributed by atoms with E-state index in [2.05, 4.69) is 31.2 Å². The quantitative estimate of drug-likeness (QED) is 0.851. The number of pyridine rings is 1. The Balaban J connectivity index is 1.40. The SMILES string of the molecule is c1cncc(CN2CCOC[C@]3(CCN(Cc4nccs4)C3)C2)c1. The predicted molar refractivity (Wildman–Crippen MR) is 94.8 cm³/mol. The Hall–Kier alpha value is -1.34. The number of rotatable bonds is 4. The van der Waals surface area contributed by atoms with Gasteiger partial charge in [-0.25, -0.2) is 4.98 Å². The van der Waals surface area contributed by atoms with Crippen molar-refractivity contribution in [2.45, 2.75) is 19.5 Å². The summed E-state index contributed by atoms with van der Waals surface area (Å²) in [6.07, 6.45) is 6.92. The third kappa shape index (κ3) is 3.83. The van der Waals surface area contributed by atoms with Crippen molar-refractivity contribution in [3.05, 3.63) is 46.7 Å². The lowest BCUT2D eigenvalue weighted by Gasteiger charge is -2.32. The maximum absolute atomic E-state index is 5.99. The number of nitrogens with zero attached hydrogens (tertiary/aromatic N) is 4. The number of aromatic nitrogens is 2. The van der Waals surface area contributed by atoms with Crippen LogP contribution in [0.1, 0.15) is 17.0 Å². The van der Waals surface area contributed by atoms with Gasteiger partial charge in [-0.1, -0.05) is 6.07 Å². The highest BCUT2D eigenvalue weighted by molar-refractivity contribution is 7.09. The van der Waals surface area contributed by atoms with Crippen LogP contribution in [0.25, 0.3) is 0 Å². The van der Waals surface area contributed by atoms with Crippen LogP contribution in [0.3, 0.4) is 0 Å². The first-order chi connectivity index (χ1) is 11.8. The Morgan fingerprint density at radius 2 is 2.08 bits per heavy atom. The van der Waals surface area contributed by atoms with Crippen LogP contribution in [0.2, 0.25) is 0 Å². The Morgan fingerprint density at radius 1 is 1.17 bits per heavy atom. The number of thiazole rings is 1. The Labute approximate surface area is 147 Å². The second-order valence-electron chi connectivity index (χ2n) is 7.01. The minimum absolute atomic E-state index is 0.260. The molecule has 2 fully saturated rings. The van der Waals surface area contributed by atoms with Crippen LogP contribution >= 0.6 is 11.3 Å². The highest BCUT2D eigenvalue weighted by Crippen LogP contribution is 2.34. The lowest BCUT2D eigenvalue weighted by Crippen LogP contribution is -2.40. The Kier molecular flexibility index (Phi) is 4.89. The van der Waals surface area contributed by atoms with Crippen molar-refractivity contribution in [2.75, 3.05) is 39.4 Å². The van der Waals surface area contributed by atoms with Crippen molar-refractivity contribution < 1.29 is 4.74 Å². The van der Waals surface area contributed by atoms with E-state index in [1.54, 1.807) is 11.3 Å². The molecule has 2 aliphatic rings. The van der Waals surface area contributed by atoms with Crippen molar-refractivity contribution in [2.24, 2.45) is 5.41 Å². The molecule has 0 amide bonds. The molecule has 0 N–H and O–H groups in total. The first-order valence-corrected chi connectivity index (χ1v) is 9.49. The molecule has 4 heterocycles. The maximum Gasteiger partial charge on any atom is 0.107 e. The molecule has 0 aromatic carbocycles. The van der Waals surface area contributed by atoms with Crippen LogP contribution in [-0.2, 0) is 17.8 Å². The van der Waals surface area contributed by atoms with E-state index in [-0.39, 0.29) is 5.41 Å². The molecule has 1 atom stereocenters. The number of ether oxygens (including phenoxy) is 1. The molecule has 4 rings (SSSR count).